The fourth-order valence-electron chi connectivity index (χ4n) is 0.867. The summed E-state index contributed by atoms with van der Waals surface area (Å²) in [6.07, 6.45) is 0. The molecule has 1 aromatic rings. The van der Waals surface area contributed by atoms with Crippen LogP contribution in [0.2, 0.25) is 0 Å². The van der Waals surface area contributed by atoms with Gasteiger partial charge < -0.3 is 0 Å². The molecule has 68 valence electrons. The van der Waals surface area contributed by atoms with Crippen LogP contribution in [0.5, 0.6) is 0 Å². The van der Waals surface area contributed by atoms with E-state index in [-0.39, 0.29) is 34.5 Å². The fourth-order valence-corrected chi connectivity index (χ4v) is 1.63. The van der Waals surface area contributed by atoms with Gasteiger partial charge in [0.2, 0.25) is 0 Å². The second kappa shape index (κ2) is 5.12. The molecule has 3 nitrogen and oxygen atoms in total. The summed E-state index contributed by atoms with van der Waals surface area (Å²) in [5.74, 6) is 0. The molecule has 0 aliphatic heterocycles. The Hall–Kier alpha value is 0.130. The van der Waals surface area contributed by atoms with E-state index in [4.69, 9.17) is 0 Å². The molecule has 0 fully saturated rings. The van der Waals surface area contributed by atoms with Crippen LogP contribution >= 0.6 is 0 Å². The number of hydrogen-bond acceptors (Lipinski definition) is 3. The molecule has 0 aliphatic carbocycles. The van der Waals surface area contributed by atoms with Crippen LogP contribution in [0.4, 0.5) is 0 Å². The Morgan fingerprint density at radius 1 is 1.31 bits per heavy atom. The van der Waals surface area contributed by atoms with E-state index >= 15 is 0 Å². The molecule has 0 saturated carbocycles. The fraction of sp³-hybridized carbons (Fsp3) is 0.250. The van der Waals surface area contributed by atoms with Gasteiger partial charge in [-0.2, -0.15) is 8.42 Å². The summed E-state index contributed by atoms with van der Waals surface area (Å²) in [7, 11) is -2.37. The molecule has 13 heavy (non-hydrogen) atoms. The summed E-state index contributed by atoms with van der Waals surface area (Å²) >= 11 is 0. The molecule has 0 aliphatic rings. The first-order valence-corrected chi connectivity index (χ1v) is 4.84. The number of benzene rings is 1. The number of rotatable bonds is 2. The van der Waals surface area contributed by atoms with Gasteiger partial charge >= 0.3 is 29.6 Å². The van der Waals surface area contributed by atoms with Crippen molar-refractivity contribution in [2.24, 2.45) is 0 Å². The third-order valence-corrected chi connectivity index (χ3v) is 2.77. The molecule has 0 heterocycles. The van der Waals surface area contributed by atoms with Gasteiger partial charge in [0.05, 0.1) is 12.0 Å². The van der Waals surface area contributed by atoms with Crippen molar-refractivity contribution in [2.45, 2.75) is 11.8 Å². The quantitative estimate of drug-likeness (QED) is 0.532. The minimum atomic E-state index is -3.52. The van der Waals surface area contributed by atoms with E-state index in [0.29, 0.717) is 0 Å². The maximum absolute atomic E-state index is 11.1. The van der Waals surface area contributed by atoms with E-state index < -0.39 is 10.1 Å². The molecular formula is C8H11NaO3S. The Bertz CT molecular complexity index is 373. The summed E-state index contributed by atoms with van der Waals surface area (Å²) in [5, 5.41) is 0. The van der Waals surface area contributed by atoms with Crippen molar-refractivity contribution in [1.29, 1.82) is 0 Å². The van der Waals surface area contributed by atoms with E-state index in [1.165, 1.54) is 6.07 Å². The van der Waals surface area contributed by atoms with Crippen molar-refractivity contribution in [3.8, 4) is 0 Å². The average Bonchev–Trinajstić information content (AvgIpc) is 2.05. The molecule has 0 amide bonds. The van der Waals surface area contributed by atoms with Gasteiger partial charge in [-0.15, -0.1) is 0 Å². The number of hydrogen-bond donors (Lipinski definition) is 0. The topological polar surface area (TPSA) is 43.4 Å². The van der Waals surface area contributed by atoms with Crippen LogP contribution in [0.3, 0.4) is 0 Å². The van der Waals surface area contributed by atoms with Gasteiger partial charge in [-0.25, -0.2) is 0 Å². The molecule has 0 saturated heterocycles. The van der Waals surface area contributed by atoms with Crippen LogP contribution in [0.1, 0.15) is 5.56 Å². The Morgan fingerprint density at radius 2 is 1.92 bits per heavy atom. The summed E-state index contributed by atoms with van der Waals surface area (Å²) in [4.78, 5) is 0.199. The van der Waals surface area contributed by atoms with Gasteiger partial charge in [-0.05, 0) is 24.6 Å². The molecule has 5 heteroatoms. The molecule has 0 atom stereocenters. The molecular weight excluding hydrogens is 199 g/mol. The van der Waals surface area contributed by atoms with Crippen molar-refractivity contribution >= 4 is 39.7 Å². The molecule has 1 rings (SSSR count). The Balaban J connectivity index is 0.00000144. The van der Waals surface area contributed by atoms with Gasteiger partial charge in [-0.1, -0.05) is 12.1 Å². The Morgan fingerprint density at radius 3 is 2.38 bits per heavy atom. The van der Waals surface area contributed by atoms with E-state index in [2.05, 4.69) is 4.18 Å². The second-order valence-electron chi connectivity index (χ2n) is 2.44. The zero-order valence-electron chi connectivity index (χ0n) is 6.94. The van der Waals surface area contributed by atoms with Crippen LogP contribution < -0.4 is 0 Å². The summed E-state index contributed by atoms with van der Waals surface area (Å²) < 4.78 is 26.6. The monoisotopic (exact) mass is 210 g/mol. The summed E-state index contributed by atoms with van der Waals surface area (Å²) in [6.45, 7) is 1.83. The maximum atomic E-state index is 11.1. The molecule has 0 unspecified atom stereocenters. The van der Waals surface area contributed by atoms with Crippen molar-refractivity contribution in [3.05, 3.63) is 29.8 Å². The molecule has 1 aromatic carbocycles. The van der Waals surface area contributed by atoms with Gasteiger partial charge in [0.1, 0.15) is 0 Å². The Labute approximate surface area is 101 Å². The van der Waals surface area contributed by atoms with E-state index in [1.807, 2.05) is 13.0 Å². The first-order chi connectivity index (χ1) is 5.56. The zero-order valence-corrected chi connectivity index (χ0v) is 7.76. The zero-order chi connectivity index (χ0) is 9.19. The minimum absolute atomic E-state index is 0. The molecule has 0 radical (unpaired) electrons. The Kier molecular flexibility index (Phi) is 5.17. The van der Waals surface area contributed by atoms with Crippen LogP contribution in [-0.4, -0.2) is 45.1 Å². The summed E-state index contributed by atoms with van der Waals surface area (Å²) in [5.41, 5.74) is 0.896. The van der Waals surface area contributed by atoms with Crippen LogP contribution in [0.25, 0.3) is 0 Å². The standard InChI is InChI=1S/C8H10O3S.Na.H/c1-7-4-3-5-8(6-7)12(9,10)11-2;;/h3-6H,1-2H3;;. The molecule has 0 N–H and O–H groups in total. The molecule has 0 spiro atoms. The average molecular weight is 210 g/mol. The first-order valence-electron chi connectivity index (χ1n) is 3.43. The number of aryl methyl sites for hydroxylation is 1. The van der Waals surface area contributed by atoms with Crippen molar-refractivity contribution in [3.63, 3.8) is 0 Å². The van der Waals surface area contributed by atoms with Crippen molar-refractivity contribution < 1.29 is 12.6 Å². The van der Waals surface area contributed by atoms with Crippen LogP contribution in [0.15, 0.2) is 29.2 Å². The SMILES string of the molecule is COS(=O)(=O)c1cccc(C)c1.[NaH]. The van der Waals surface area contributed by atoms with Gasteiger partial charge in [0.15, 0.2) is 0 Å². The predicted octanol–water partition coefficient (Wildman–Crippen LogP) is 0.682. The normalized spacial score (nSPS) is 10.6. The first kappa shape index (κ1) is 13.1. The molecule has 0 bridgehead atoms. The van der Waals surface area contributed by atoms with E-state index in [0.717, 1.165) is 12.7 Å². The van der Waals surface area contributed by atoms with Crippen molar-refractivity contribution in [1.82, 2.24) is 0 Å². The van der Waals surface area contributed by atoms with E-state index in [1.54, 1.807) is 12.1 Å². The molecule has 0 aromatic heterocycles. The predicted molar refractivity (Wildman–Crippen MR) is 52.5 cm³/mol. The third-order valence-electron chi connectivity index (χ3n) is 1.50. The van der Waals surface area contributed by atoms with Gasteiger partial charge in [-0.3, -0.25) is 4.18 Å². The van der Waals surface area contributed by atoms with Crippen molar-refractivity contribution in [2.75, 3.05) is 7.11 Å². The van der Waals surface area contributed by atoms with Crippen LogP contribution in [-0.2, 0) is 14.3 Å². The van der Waals surface area contributed by atoms with E-state index in [9.17, 15) is 8.42 Å². The second-order valence-corrected chi connectivity index (χ2v) is 4.15. The third kappa shape index (κ3) is 3.40. The summed E-state index contributed by atoms with van der Waals surface area (Å²) in [6, 6.07) is 6.58. The van der Waals surface area contributed by atoms with Gasteiger partial charge in [0.25, 0.3) is 10.1 Å². The van der Waals surface area contributed by atoms with Gasteiger partial charge in [0, 0.05) is 0 Å². The van der Waals surface area contributed by atoms with Crippen LogP contribution in [0, 0.1) is 6.92 Å².